The lowest BCUT2D eigenvalue weighted by Crippen LogP contribution is -2.19. The minimum atomic E-state index is -0.353. The zero-order valence-electron chi connectivity index (χ0n) is 14.6. The van der Waals surface area contributed by atoms with E-state index < -0.39 is 0 Å². The predicted octanol–water partition coefficient (Wildman–Crippen LogP) is 5.18. The molecule has 2 rings (SSSR count). The second-order valence-corrected chi connectivity index (χ2v) is 8.08. The Hall–Kier alpha value is -2.14. The number of nitrogens with one attached hydrogen (secondary N) is 1. The molecule has 3 nitrogen and oxygen atoms in total. The Labute approximate surface area is 152 Å². The zero-order chi connectivity index (χ0) is 18.4. The number of benzene rings is 2. The number of anilines is 1. The normalized spacial score (nSPS) is 11.2. The van der Waals surface area contributed by atoms with Crippen LogP contribution < -0.4 is 5.32 Å². The molecule has 0 unspecified atom stereocenters. The molecule has 1 amide bonds. The van der Waals surface area contributed by atoms with Gasteiger partial charge in [0.2, 0.25) is 5.91 Å². The van der Waals surface area contributed by atoms with Crippen molar-refractivity contribution in [3.63, 3.8) is 0 Å². The lowest BCUT2D eigenvalue weighted by molar-refractivity contribution is -0.117. The maximum atomic E-state index is 12.9. The number of hydrogen-bond acceptors (Lipinski definition) is 3. The average Bonchev–Trinajstić information content (AvgIpc) is 2.53. The number of thioether (sulfide) groups is 1. The summed E-state index contributed by atoms with van der Waals surface area (Å²) in [4.78, 5) is 24.9. The molecule has 1 N–H and O–H groups in total. The molecule has 0 heterocycles. The van der Waals surface area contributed by atoms with Crippen LogP contribution in [0.25, 0.3) is 0 Å². The minimum absolute atomic E-state index is 0.0145. The summed E-state index contributed by atoms with van der Waals surface area (Å²) in [5, 5.41) is 2.87. The van der Waals surface area contributed by atoms with Crippen LogP contribution in [0.1, 0.15) is 37.6 Å². The van der Waals surface area contributed by atoms with Crippen molar-refractivity contribution in [3.8, 4) is 0 Å². The van der Waals surface area contributed by atoms with Gasteiger partial charge in [-0.05, 0) is 53.9 Å². The summed E-state index contributed by atoms with van der Waals surface area (Å²) in [6.07, 6.45) is 0.454. The van der Waals surface area contributed by atoms with E-state index in [0.29, 0.717) is 12.0 Å². The third-order valence-electron chi connectivity index (χ3n) is 3.37. The Morgan fingerprint density at radius 2 is 1.60 bits per heavy atom. The van der Waals surface area contributed by atoms with Gasteiger partial charge in [0.05, 0.1) is 5.75 Å². The van der Waals surface area contributed by atoms with Gasteiger partial charge in [-0.15, -0.1) is 11.8 Å². The molecule has 0 bridgehead atoms. The van der Waals surface area contributed by atoms with E-state index in [1.54, 1.807) is 0 Å². The molecule has 0 saturated heterocycles. The minimum Gasteiger partial charge on any atom is -0.326 e. The maximum Gasteiger partial charge on any atom is 0.224 e. The maximum absolute atomic E-state index is 12.9. The van der Waals surface area contributed by atoms with E-state index in [0.717, 1.165) is 10.6 Å². The number of halogens is 1. The molecule has 0 aliphatic carbocycles. The first kappa shape index (κ1) is 19.2. The Morgan fingerprint density at radius 1 is 1.00 bits per heavy atom. The van der Waals surface area contributed by atoms with Crippen molar-refractivity contribution in [1.82, 2.24) is 0 Å². The van der Waals surface area contributed by atoms with Gasteiger partial charge in [0.15, 0.2) is 5.78 Å². The van der Waals surface area contributed by atoms with E-state index in [2.05, 4.69) is 5.32 Å². The Morgan fingerprint density at radius 3 is 2.16 bits per heavy atom. The fourth-order valence-corrected chi connectivity index (χ4v) is 2.98. The smallest absolute Gasteiger partial charge is 0.224 e. The van der Waals surface area contributed by atoms with Crippen molar-refractivity contribution in [2.45, 2.75) is 32.1 Å². The second-order valence-electron chi connectivity index (χ2n) is 7.03. The van der Waals surface area contributed by atoms with Gasteiger partial charge < -0.3 is 5.32 Å². The molecule has 0 atom stereocenters. The van der Waals surface area contributed by atoms with Crippen LogP contribution in [-0.2, 0) is 4.79 Å². The zero-order valence-corrected chi connectivity index (χ0v) is 15.5. The highest BCUT2D eigenvalue weighted by Gasteiger charge is 2.15. The molecule has 2 aromatic rings. The number of ketones is 1. The predicted molar refractivity (Wildman–Crippen MR) is 101 cm³/mol. The SMILES string of the molecule is CC(C)(C)CC(=O)Nc1ccc(SCC(=O)c2ccc(F)cc2)cc1. The molecule has 0 spiro atoms. The fourth-order valence-electron chi connectivity index (χ4n) is 2.19. The molecule has 0 saturated carbocycles. The van der Waals surface area contributed by atoms with Crippen LogP contribution >= 0.6 is 11.8 Å². The number of Topliss-reactive ketones (excluding diaryl/α,β-unsaturated/α-hetero) is 1. The van der Waals surface area contributed by atoms with E-state index in [9.17, 15) is 14.0 Å². The molecule has 2 aromatic carbocycles. The third kappa shape index (κ3) is 6.70. The number of carbonyl (C=O) groups excluding carboxylic acids is 2. The Bertz CT molecular complexity index is 734. The first-order valence-corrected chi connectivity index (χ1v) is 9.03. The van der Waals surface area contributed by atoms with Gasteiger partial charge in [-0.1, -0.05) is 20.8 Å². The van der Waals surface area contributed by atoms with Crippen LogP contribution in [0, 0.1) is 11.2 Å². The van der Waals surface area contributed by atoms with Crippen molar-refractivity contribution in [2.24, 2.45) is 5.41 Å². The first-order valence-electron chi connectivity index (χ1n) is 8.04. The Kier molecular flexibility index (Phi) is 6.37. The molecule has 0 aromatic heterocycles. The molecule has 25 heavy (non-hydrogen) atoms. The summed E-state index contributed by atoms with van der Waals surface area (Å²) < 4.78 is 12.9. The quantitative estimate of drug-likeness (QED) is 0.571. The number of hydrogen-bond donors (Lipinski definition) is 1. The summed E-state index contributed by atoms with van der Waals surface area (Å²) in [6.45, 7) is 6.05. The van der Waals surface area contributed by atoms with E-state index in [1.807, 2.05) is 45.0 Å². The fraction of sp³-hybridized carbons (Fsp3) is 0.300. The van der Waals surface area contributed by atoms with Gasteiger partial charge in [0, 0.05) is 22.6 Å². The van der Waals surface area contributed by atoms with Gasteiger partial charge in [0.1, 0.15) is 5.82 Å². The van der Waals surface area contributed by atoms with E-state index in [1.165, 1.54) is 36.0 Å². The summed E-state index contributed by atoms with van der Waals surface area (Å²) in [7, 11) is 0. The third-order valence-corrected chi connectivity index (χ3v) is 4.38. The number of rotatable bonds is 6. The molecule has 0 aliphatic heterocycles. The van der Waals surface area contributed by atoms with Crippen molar-refractivity contribution in [1.29, 1.82) is 0 Å². The van der Waals surface area contributed by atoms with Crippen LogP contribution in [0.3, 0.4) is 0 Å². The molecular formula is C20H22FNO2S. The lowest BCUT2D eigenvalue weighted by Gasteiger charge is -2.17. The van der Waals surface area contributed by atoms with Crippen molar-refractivity contribution in [3.05, 3.63) is 59.9 Å². The van der Waals surface area contributed by atoms with Crippen molar-refractivity contribution >= 4 is 29.1 Å². The largest absolute Gasteiger partial charge is 0.326 e. The van der Waals surface area contributed by atoms with Crippen molar-refractivity contribution < 1.29 is 14.0 Å². The lowest BCUT2D eigenvalue weighted by atomic mass is 9.92. The molecule has 5 heteroatoms. The highest BCUT2D eigenvalue weighted by molar-refractivity contribution is 8.00. The Balaban J connectivity index is 1.87. The molecule has 0 radical (unpaired) electrons. The van der Waals surface area contributed by atoms with Crippen LogP contribution in [-0.4, -0.2) is 17.4 Å². The van der Waals surface area contributed by atoms with E-state index in [-0.39, 0.29) is 28.7 Å². The molecule has 0 aliphatic rings. The molecule has 0 fully saturated rings. The first-order chi connectivity index (χ1) is 11.7. The van der Waals surface area contributed by atoms with Crippen LogP contribution in [0.2, 0.25) is 0 Å². The van der Waals surface area contributed by atoms with Crippen molar-refractivity contribution in [2.75, 3.05) is 11.1 Å². The van der Waals surface area contributed by atoms with Crippen LogP contribution in [0.5, 0.6) is 0 Å². The van der Waals surface area contributed by atoms with E-state index in [4.69, 9.17) is 0 Å². The molecule has 132 valence electrons. The highest BCUT2D eigenvalue weighted by atomic mass is 32.2. The van der Waals surface area contributed by atoms with Gasteiger partial charge in [-0.3, -0.25) is 9.59 Å². The second kappa shape index (κ2) is 8.30. The van der Waals surface area contributed by atoms with Gasteiger partial charge in [-0.25, -0.2) is 4.39 Å². The summed E-state index contributed by atoms with van der Waals surface area (Å²) in [5.74, 6) is -0.137. The average molecular weight is 359 g/mol. The van der Waals surface area contributed by atoms with Crippen LogP contribution in [0.4, 0.5) is 10.1 Å². The van der Waals surface area contributed by atoms with Gasteiger partial charge >= 0.3 is 0 Å². The standard InChI is InChI=1S/C20H22FNO2S/c1-20(2,3)12-19(24)22-16-8-10-17(11-9-16)25-13-18(23)14-4-6-15(21)7-5-14/h4-11H,12-13H2,1-3H3,(H,22,24). The summed E-state index contributed by atoms with van der Waals surface area (Å²) >= 11 is 1.41. The van der Waals surface area contributed by atoms with Gasteiger partial charge in [0.25, 0.3) is 0 Å². The summed E-state index contributed by atoms with van der Waals surface area (Å²) in [6, 6.07) is 12.9. The molecular weight excluding hydrogens is 337 g/mol. The van der Waals surface area contributed by atoms with Gasteiger partial charge in [-0.2, -0.15) is 0 Å². The highest BCUT2D eigenvalue weighted by Crippen LogP contribution is 2.23. The summed E-state index contributed by atoms with van der Waals surface area (Å²) in [5.41, 5.74) is 1.18. The number of amides is 1. The van der Waals surface area contributed by atoms with E-state index >= 15 is 0 Å². The topological polar surface area (TPSA) is 46.2 Å². The monoisotopic (exact) mass is 359 g/mol. The number of carbonyl (C=O) groups is 2. The van der Waals surface area contributed by atoms with Crippen LogP contribution in [0.15, 0.2) is 53.4 Å².